The van der Waals surface area contributed by atoms with Crippen LogP contribution in [0.4, 0.5) is 0 Å². The highest BCUT2D eigenvalue weighted by molar-refractivity contribution is 5.83. The molecule has 0 radical (unpaired) electrons. The summed E-state index contributed by atoms with van der Waals surface area (Å²) in [5, 5.41) is 3.47. The lowest BCUT2D eigenvalue weighted by molar-refractivity contribution is -0.134. The first-order valence-electron chi connectivity index (χ1n) is 10.2. The standard InChI is InChI=1S/C22H28N4O/c1-25-12-11-24-20(25)15-26(19-14-22(19)7-9-23-10-8-22)21(27)18-13-17(18)16-5-3-2-4-6-16/h2-6,11-12,17-19,23H,7-10,13-15H2,1H3/t17-,18+,19-/m0/s1. The van der Waals surface area contributed by atoms with Gasteiger partial charge in [0.05, 0.1) is 6.54 Å². The lowest BCUT2D eigenvalue weighted by Crippen LogP contribution is -2.40. The van der Waals surface area contributed by atoms with Crippen molar-refractivity contribution in [3.8, 4) is 0 Å². The Bertz CT molecular complexity index is 824. The number of benzene rings is 1. The Hall–Kier alpha value is -2.14. The number of amides is 1. The van der Waals surface area contributed by atoms with Crippen molar-refractivity contribution in [2.24, 2.45) is 18.4 Å². The summed E-state index contributed by atoms with van der Waals surface area (Å²) in [4.78, 5) is 20.2. The van der Waals surface area contributed by atoms with Crippen LogP contribution in [0.3, 0.4) is 0 Å². The molecular weight excluding hydrogens is 336 g/mol. The van der Waals surface area contributed by atoms with E-state index in [0.717, 1.165) is 31.8 Å². The summed E-state index contributed by atoms with van der Waals surface area (Å²) in [6.07, 6.45) is 8.32. The first-order valence-corrected chi connectivity index (χ1v) is 10.2. The molecule has 5 rings (SSSR count). The van der Waals surface area contributed by atoms with Gasteiger partial charge in [-0.3, -0.25) is 4.79 Å². The van der Waals surface area contributed by atoms with Crippen LogP contribution >= 0.6 is 0 Å². The van der Waals surface area contributed by atoms with Gasteiger partial charge >= 0.3 is 0 Å². The lowest BCUT2D eigenvalue weighted by atomic mass is 9.93. The summed E-state index contributed by atoms with van der Waals surface area (Å²) < 4.78 is 2.04. The maximum atomic E-state index is 13.5. The monoisotopic (exact) mass is 364 g/mol. The van der Waals surface area contributed by atoms with Gasteiger partial charge in [-0.05, 0) is 55.7 Å². The van der Waals surface area contributed by atoms with E-state index in [1.165, 1.54) is 18.4 Å². The lowest BCUT2D eigenvalue weighted by Gasteiger charge is -2.29. The first-order chi connectivity index (χ1) is 13.2. The molecule has 0 unspecified atom stereocenters. The van der Waals surface area contributed by atoms with E-state index in [9.17, 15) is 4.79 Å². The highest BCUT2D eigenvalue weighted by atomic mass is 16.2. The Morgan fingerprint density at radius 1 is 1.30 bits per heavy atom. The number of carbonyl (C=O) groups is 1. The van der Waals surface area contributed by atoms with E-state index in [2.05, 4.69) is 39.5 Å². The van der Waals surface area contributed by atoms with Gasteiger partial charge in [-0.15, -0.1) is 0 Å². The molecule has 1 aromatic carbocycles. The van der Waals surface area contributed by atoms with E-state index >= 15 is 0 Å². The number of carbonyl (C=O) groups excluding carboxylic acids is 1. The van der Waals surface area contributed by atoms with Gasteiger partial charge in [0.15, 0.2) is 0 Å². The second-order valence-corrected chi connectivity index (χ2v) is 8.61. The van der Waals surface area contributed by atoms with Crippen LogP contribution in [0.5, 0.6) is 0 Å². The fourth-order valence-electron chi connectivity index (χ4n) is 5.02. The van der Waals surface area contributed by atoms with Gasteiger partial charge in [0.1, 0.15) is 5.82 Å². The van der Waals surface area contributed by atoms with Crippen LogP contribution < -0.4 is 5.32 Å². The zero-order chi connectivity index (χ0) is 18.4. The van der Waals surface area contributed by atoms with E-state index in [0.29, 0.717) is 29.8 Å². The van der Waals surface area contributed by atoms with Gasteiger partial charge in [-0.1, -0.05) is 30.3 Å². The summed E-state index contributed by atoms with van der Waals surface area (Å²) in [6, 6.07) is 10.9. The fraction of sp³-hybridized carbons (Fsp3) is 0.545. The van der Waals surface area contributed by atoms with Crippen LogP contribution in [-0.4, -0.2) is 39.5 Å². The van der Waals surface area contributed by atoms with Gasteiger partial charge in [0.2, 0.25) is 5.91 Å². The average Bonchev–Trinajstić information content (AvgIpc) is 3.59. The molecule has 27 heavy (non-hydrogen) atoms. The largest absolute Gasteiger partial charge is 0.337 e. The summed E-state index contributed by atoms with van der Waals surface area (Å²) in [5.74, 6) is 1.86. The third-order valence-corrected chi connectivity index (χ3v) is 6.97. The normalized spacial score (nSPS) is 28.1. The second-order valence-electron chi connectivity index (χ2n) is 8.61. The molecule has 1 spiro atoms. The number of rotatable bonds is 5. The summed E-state index contributed by atoms with van der Waals surface area (Å²) >= 11 is 0. The first kappa shape index (κ1) is 17.0. The minimum atomic E-state index is 0.145. The second kappa shape index (κ2) is 6.48. The zero-order valence-electron chi connectivity index (χ0n) is 16.0. The quantitative estimate of drug-likeness (QED) is 0.887. The molecule has 1 aromatic heterocycles. The third-order valence-electron chi connectivity index (χ3n) is 6.97. The number of hydrogen-bond donors (Lipinski definition) is 1. The molecule has 5 heteroatoms. The predicted molar refractivity (Wildman–Crippen MR) is 104 cm³/mol. The highest BCUT2D eigenvalue weighted by Gasteiger charge is 2.59. The molecule has 2 aromatic rings. The Morgan fingerprint density at radius 2 is 2.07 bits per heavy atom. The Balaban J connectivity index is 1.36. The van der Waals surface area contributed by atoms with Crippen LogP contribution in [0.15, 0.2) is 42.7 Å². The van der Waals surface area contributed by atoms with Crippen molar-refractivity contribution in [1.82, 2.24) is 19.8 Å². The van der Waals surface area contributed by atoms with Crippen LogP contribution in [0.25, 0.3) is 0 Å². The molecule has 3 fully saturated rings. The number of imidazole rings is 1. The van der Waals surface area contributed by atoms with Gasteiger partial charge in [-0.25, -0.2) is 4.98 Å². The van der Waals surface area contributed by atoms with Crippen molar-refractivity contribution in [3.63, 3.8) is 0 Å². The molecule has 142 valence electrons. The summed E-state index contributed by atoms with van der Waals surface area (Å²) in [5.41, 5.74) is 1.66. The number of aryl methyl sites for hydroxylation is 1. The maximum Gasteiger partial charge on any atom is 0.226 e. The van der Waals surface area contributed by atoms with Crippen molar-refractivity contribution < 1.29 is 4.79 Å². The molecule has 2 heterocycles. The third kappa shape index (κ3) is 3.08. The maximum absolute atomic E-state index is 13.5. The molecule has 3 aliphatic rings. The molecule has 2 saturated carbocycles. The molecule has 1 N–H and O–H groups in total. The number of nitrogens with zero attached hydrogens (tertiary/aromatic N) is 3. The van der Waals surface area contributed by atoms with E-state index in [1.807, 2.05) is 30.1 Å². The fourth-order valence-corrected chi connectivity index (χ4v) is 5.02. The number of nitrogens with one attached hydrogen (secondary N) is 1. The molecule has 2 aliphatic carbocycles. The number of piperidine rings is 1. The molecule has 1 saturated heterocycles. The minimum Gasteiger partial charge on any atom is -0.337 e. The predicted octanol–water partition coefficient (Wildman–Crippen LogP) is 2.69. The SMILES string of the molecule is Cn1ccnc1CN(C(=O)[C@@H]1C[C@H]1c1ccccc1)[C@H]1CC12CCNCC2. The summed E-state index contributed by atoms with van der Waals surface area (Å²) in [7, 11) is 2.02. The number of aromatic nitrogens is 2. The van der Waals surface area contributed by atoms with Crippen LogP contribution in [0.1, 0.15) is 43.0 Å². The highest BCUT2D eigenvalue weighted by Crippen LogP contribution is 2.58. The molecule has 0 bridgehead atoms. The Morgan fingerprint density at radius 3 is 2.78 bits per heavy atom. The van der Waals surface area contributed by atoms with Crippen molar-refractivity contribution in [1.29, 1.82) is 0 Å². The van der Waals surface area contributed by atoms with Gasteiger partial charge in [-0.2, -0.15) is 0 Å². The van der Waals surface area contributed by atoms with E-state index < -0.39 is 0 Å². The topological polar surface area (TPSA) is 50.2 Å². The molecule has 3 atom stereocenters. The van der Waals surface area contributed by atoms with E-state index in [1.54, 1.807) is 0 Å². The average molecular weight is 364 g/mol. The van der Waals surface area contributed by atoms with Crippen molar-refractivity contribution in [2.45, 2.75) is 44.2 Å². The molecule has 5 nitrogen and oxygen atoms in total. The van der Waals surface area contributed by atoms with Gasteiger partial charge in [0.25, 0.3) is 0 Å². The molecule has 1 amide bonds. The Kier molecular flexibility index (Phi) is 4.08. The summed E-state index contributed by atoms with van der Waals surface area (Å²) in [6.45, 7) is 2.80. The van der Waals surface area contributed by atoms with Crippen molar-refractivity contribution in [2.75, 3.05) is 13.1 Å². The molecule has 1 aliphatic heterocycles. The van der Waals surface area contributed by atoms with E-state index in [-0.39, 0.29) is 5.92 Å². The van der Waals surface area contributed by atoms with Gasteiger partial charge in [0, 0.05) is 31.4 Å². The molecular formula is C22H28N4O. The van der Waals surface area contributed by atoms with Crippen LogP contribution in [-0.2, 0) is 18.4 Å². The van der Waals surface area contributed by atoms with E-state index in [4.69, 9.17) is 0 Å². The van der Waals surface area contributed by atoms with Crippen molar-refractivity contribution >= 4 is 5.91 Å². The number of hydrogen-bond acceptors (Lipinski definition) is 3. The minimum absolute atomic E-state index is 0.145. The van der Waals surface area contributed by atoms with Crippen LogP contribution in [0.2, 0.25) is 0 Å². The van der Waals surface area contributed by atoms with Gasteiger partial charge < -0.3 is 14.8 Å². The smallest absolute Gasteiger partial charge is 0.226 e. The Labute approximate surface area is 160 Å². The van der Waals surface area contributed by atoms with Crippen molar-refractivity contribution in [3.05, 3.63) is 54.1 Å². The van der Waals surface area contributed by atoms with Crippen LogP contribution in [0, 0.1) is 11.3 Å². The zero-order valence-corrected chi connectivity index (χ0v) is 16.0.